The third-order valence-corrected chi connectivity index (χ3v) is 6.16. The van der Waals surface area contributed by atoms with Crippen LogP contribution in [0.2, 0.25) is 0 Å². The van der Waals surface area contributed by atoms with Gasteiger partial charge in [-0.15, -0.1) is 11.3 Å². The van der Waals surface area contributed by atoms with E-state index in [1.165, 1.54) is 11.3 Å². The second-order valence-electron chi connectivity index (χ2n) is 7.70. The fraction of sp³-hybridized carbons (Fsp3) is 0.269. The number of nitriles is 1. The second kappa shape index (κ2) is 10.3. The lowest BCUT2D eigenvalue weighted by Gasteiger charge is -2.14. The molecule has 0 aliphatic rings. The molecule has 1 aromatic heterocycles. The minimum atomic E-state index is -0.587. The van der Waals surface area contributed by atoms with Gasteiger partial charge in [0.2, 0.25) is 0 Å². The van der Waals surface area contributed by atoms with Crippen LogP contribution in [0.25, 0.3) is 16.8 Å². The number of anilines is 1. The Kier molecular flexibility index (Phi) is 7.52. The summed E-state index contributed by atoms with van der Waals surface area (Å²) in [6.45, 7) is 9.54. The summed E-state index contributed by atoms with van der Waals surface area (Å²) in [5, 5.41) is 14.6. The van der Waals surface area contributed by atoms with E-state index in [2.05, 4.69) is 5.32 Å². The number of benzene rings is 2. The van der Waals surface area contributed by atoms with Gasteiger partial charge in [0.1, 0.15) is 22.4 Å². The van der Waals surface area contributed by atoms with Gasteiger partial charge in [-0.25, -0.2) is 4.79 Å². The first-order chi connectivity index (χ1) is 15.8. The number of fused-ring (bicyclic) bond motifs is 1. The van der Waals surface area contributed by atoms with Crippen LogP contribution in [0.5, 0.6) is 5.75 Å². The monoisotopic (exact) mass is 462 g/mol. The molecule has 0 saturated heterocycles. The van der Waals surface area contributed by atoms with E-state index in [4.69, 9.17) is 9.47 Å². The van der Waals surface area contributed by atoms with Crippen molar-refractivity contribution in [1.29, 1.82) is 5.26 Å². The van der Waals surface area contributed by atoms with Gasteiger partial charge in [-0.2, -0.15) is 5.26 Å². The largest absolute Gasteiger partial charge is 0.490 e. The summed E-state index contributed by atoms with van der Waals surface area (Å²) < 4.78 is 11.0. The zero-order valence-electron chi connectivity index (χ0n) is 19.3. The summed E-state index contributed by atoms with van der Waals surface area (Å²) in [7, 11) is 0. The Labute approximate surface area is 197 Å². The summed E-state index contributed by atoms with van der Waals surface area (Å²) in [4.78, 5) is 26.3. The van der Waals surface area contributed by atoms with E-state index in [1.54, 1.807) is 13.0 Å². The molecule has 0 unspecified atom stereocenters. The number of thiophene rings is 1. The number of amides is 1. The molecule has 3 aromatic rings. The van der Waals surface area contributed by atoms with E-state index >= 15 is 0 Å². The summed E-state index contributed by atoms with van der Waals surface area (Å²) >= 11 is 1.28. The van der Waals surface area contributed by atoms with E-state index in [9.17, 15) is 14.9 Å². The zero-order chi connectivity index (χ0) is 24.1. The van der Waals surface area contributed by atoms with E-state index in [1.807, 2.05) is 70.2 Å². The molecule has 3 rings (SSSR count). The van der Waals surface area contributed by atoms with Crippen molar-refractivity contribution in [3.05, 3.63) is 63.5 Å². The van der Waals surface area contributed by atoms with E-state index in [0.29, 0.717) is 10.6 Å². The maximum absolute atomic E-state index is 13.0. The maximum atomic E-state index is 13.0. The van der Waals surface area contributed by atoms with Crippen LogP contribution in [-0.4, -0.2) is 24.6 Å². The van der Waals surface area contributed by atoms with Gasteiger partial charge in [-0.05, 0) is 63.3 Å². The van der Waals surface area contributed by atoms with Gasteiger partial charge >= 0.3 is 5.97 Å². The quantitative estimate of drug-likeness (QED) is 0.263. The van der Waals surface area contributed by atoms with Gasteiger partial charge in [-0.3, -0.25) is 4.79 Å². The van der Waals surface area contributed by atoms with Crippen LogP contribution < -0.4 is 10.1 Å². The molecule has 170 valence electrons. The van der Waals surface area contributed by atoms with Crippen LogP contribution in [0.4, 0.5) is 5.00 Å². The van der Waals surface area contributed by atoms with Crippen molar-refractivity contribution in [3.8, 4) is 11.8 Å². The van der Waals surface area contributed by atoms with Crippen LogP contribution in [0, 0.1) is 25.2 Å². The molecule has 0 atom stereocenters. The van der Waals surface area contributed by atoms with Crippen molar-refractivity contribution in [2.24, 2.45) is 0 Å². The molecule has 0 bridgehead atoms. The van der Waals surface area contributed by atoms with E-state index < -0.39 is 11.9 Å². The van der Waals surface area contributed by atoms with E-state index in [-0.39, 0.29) is 18.3 Å². The highest BCUT2D eigenvalue weighted by Crippen LogP contribution is 2.34. The Morgan fingerprint density at radius 3 is 2.48 bits per heavy atom. The number of hydrogen-bond donors (Lipinski definition) is 1. The number of rotatable bonds is 7. The Bertz CT molecular complexity index is 1280. The normalized spacial score (nSPS) is 11.4. The van der Waals surface area contributed by atoms with Gasteiger partial charge in [0.25, 0.3) is 5.91 Å². The minimum Gasteiger partial charge on any atom is -0.490 e. The molecule has 0 aliphatic carbocycles. The predicted octanol–water partition coefficient (Wildman–Crippen LogP) is 6.03. The molecule has 0 radical (unpaired) electrons. The number of ether oxygens (including phenoxy) is 2. The van der Waals surface area contributed by atoms with Gasteiger partial charge in [0.15, 0.2) is 0 Å². The fourth-order valence-electron chi connectivity index (χ4n) is 3.42. The fourth-order valence-corrected chi connectivity index (χ4v) is 4.46. The van der Waals surface area contributed by atoms with Crippen molar-refractivity contribution in [2.45, 2.75) is 40.7 Å². The molecule has 0 spiro atoms. The summed E-state index contributed by atoms with van der Waals surface area (Å²) in [5.74, 6) is -0.343. The van der Waals surface area contributed by atoms with Crippen molar-refractivity contribution in [2.75, 3.05) is 11.9 Å². The molecule has 1 amide bonds. The summed E-state index contributed by atoms with van der Waals surface area (Å²) in [6, 6.07) is 13.3. The average Bonchev–Trinajstić information content (AvgIpc) is 3.05. The molecule has 0 saturated carbocycles. The predicted molar refractivity (Wildman–Crippen MR) is 132 cm³/mol. The van der Waals surface area contributed by atoms with E-state index in [0.717, 1.165) is 32.5 Å². The first kappa shape index (κ1) is 24.0. The number of esters is 1. The van der Waals surface area contributed by atoms with Gasteiger partial charge in [0.05, 0.1) is 18.3 Å². The number of nitrogens with one attached hydrogen (secondary N) is 1. The summed E-state index contributed by atoms with van der Waals surface area (Å²) in [6.07, 6.45) is 1.57. The first-order valence-electron chi connectivity index (χ1n) is 10.6. The van der Waals surface area contributed by atoms with Crippen LogP contribution >= 0.6 is 11.3 Å². The summed E-state index contributed by atoms with van der Waals surface area (Å²) in [5.41, 5.74) is 1.72. The van der Waals surface area contributed by atoms with Crippen LogP contribution in [0.15, 0.2) is 42.0 Å². The minimum absolute atomic E-state index is 0.0153. The van der Waals surface area contributed by atoms with Gasteiger partial charge < -0.3 is 14.8 Å². The highest BCUT2D eigenvalue weighted by molar-refractivity contribution is 7.16. The number of aryl methyl sites for hydroxylation is 1. The average molecular weight is 463 g/mol. The van der Waals surface area contributed by atoms with Crippen LogP contribution in [0.3, 0.4) is 0 Å². The zero-order valence-corrected chi connectivity index (χ0v) is 20.1. The second-order valence-corrected chi connectivity index (χ2v) is 8.92. The molecule has 6 nitrogen and oxygen atoms in total. The Morgan fingerprint density at radius 2 is 1.85 bits per heavy atom. The Hall–Kier alpha value is -3.63. The number of carbonyl (C=O) groups is 2. The molecule has 1 heterocycles. The molecule has 0 aliphatic heterocycles. The van der Waals surface area contributed by atoms with Crippen molar-refractivity contribution in [3.63, 3.8) is 0 Å². The molecular weight excluding hydrogens is 436 g/mol. The van der Waals surface area contributed by atoms with Gasteiger partial charge in [-0.1, -0.05) is 30.3 Å². The lowest BCUT2D eigenvalue weighted by Crippen LogP contribution is -2.16. The standard InChI is InChI=1S/C26H26N2O4S/c1-6-31-26(30)23-16(4)17(5)33-25(23)28-24(29)19(14-27)13-18-11-12-22(32-15(2)3)21-10-8-7-9-20(18)21/h7-13,15H,6H2,1-5H3,(H,28,29)/b19-13+. The molecule has 7 heteroatoms. The van der Waals surface area contributed by atoms with Gasteiger partial charge in [0, 0.05) is 10.3 Å². The Morgan fingerprint density at radius 1 is 1.15 bits per heavy atom. The molecular formula is C26H26N2O4S. The number of nitrogens with zero attached hydrogens (tertiary/aromatic N) is 1. The topological polar surface area (TPSA) is 88.4 Å². The SMILES string of the molecule is CCOC(=O)c1c(NC(=O)/C(C#N)=C/c2ccc(OC(C)C)c3ccccc23)sc(C)c1C. The van der Waals surface area contributed by atoms with Crippen molar-refractivity contribution in [1.82, 2.24) is 0 Å². The highest BCUT2D eigenvalue weighted by atomic mass is 32.1. The lowest BCUT2D eigenvalue weighted by molar-refractivity contribution is -0.112. The number of hydrogen-bond acceptors (Lipinski definition) is 6. The van der Waals surface area contributed by atoms with Crippen LogP contribution in [-0.2, 0) is 9.53 Å². The van der Waals surface area contributed by atoms with Crippen molar-refractivity contribution < 1.29 is 19.1 Å². The highest BCUT2D eigenvalue weighted by Gasteiger charge is 2.23. The third kappa shape index (κ3) is 5.24. The smallest absolute Gasteiger partial charge is 0.341 e. The molecule has 33 heavy (non-hydrogen) atoms. The maximum Gasteiger partial charge on any atom is 0.341 e. The Balaban J connectivity index is 1.98. The number of carbonyl (C=O) groups excluding carboxylic acids is 2. The molecule has 0 fully saturated rings. The molecule has 1 N–H and O–H groups in total. The van der Waals surface area contributed by atoms with Crippen LogP contribution in [0.1, 0.15) is 47.1 Å². The third-order valence-electron chi connectivity index (χ3n) is 5.04. The molecule has 2 aromatic carbocycles. The lowest BCUT2D eigenvalue weighted by atomic mass is 10.0. The van der Waals surface area contributed by atoms with Crippen molar-refractivity contribution >= 4 is 45.1 Å². The first-order valence-corrected chi connectivity index (χ1v) is 11.5.